The number of nitrogens with two attached hydrogens (primary N) is 1. The van der Waals surface area contributed by atoms with Gasteiger partial charge in [0.15, 0.2) is 9.84 Å². The van der Waals surface area contributed by atoms with Gasteiger partial charge in [-0.05, 0) is 17.7 Å². The van der Waals surface area contributed by atoms with Gasteiger partial charge in [0, 0.05) is 6.26 Å². The Kier molecular flexibility index (Phi) is 3.36. The highest BCUT2D eigenvalue weighted by Crippen LogP contribution is 2.22. The number of carbonyl (C=O) groups excluding carboxylic acids is 1. The number of benzene rings is 1. The number of hydrogen-bond acceptors (Lipinski definition) is 3. The molecule has 0 aliphatic carbocycles. The first-order chi connectivity index (χ1) is 6.80. The molecule has 0 fully saturated rings. The number of sulfone groups is 1. The predicted molar refractivity (Wildman–Crippen MR) is 57.2 cm³/mol. The summed E-state index contributed by atoms with van der Waals surface area (Å²) in [6, 6.07) is 4.23. The molecule has 2 N–H and O–H groups in total. The van der Waals surface area contributed by atoms with E-state index in [4.69, 9.17) is 17.3 Å². The van der Waals surface area contributed by atoms with Gasteiger partial charge in [0.25, 0.3) is 0 Å². The zero-order valence-electron chi connectivity index (χ0n) is 7.90. The molecule has 4 nitrogen and oxygen atoms in total. The van der Waals surface area contributed by atoms with Crippen molar-refractivity contribution in [2.75, 3.05) is 6.26 Å². The van der Waals surface area contributed by atoms with E-state index in [2.05, 4.69) is 0 Å². The van der Waals surface area contributed by atoms with E-state index in [0.29, 0.717) is 5.56 Å². The first-order valence-corrected chi connectivity index (χ1v) is 6.21. The van der Waals surface area contributed by atoms with Crippen molar-refractivity contribution in [3.8, 4) is 0 Å². The lowest BCUT2D eigenvalue weighted by Gasteiger charge is -2.04. The summed E-state index contributed by atoms with van der Waals surface area (Å²) in [7, 11) is -3.40. The van der Waals surface area contributed by atoms with Crippen molar-refractivity contribution >= 4 is 27.3 Å². The summed E-state index contributed by atoms with van der Waals surface area (Å²) in [6.45, 7) is 0. The highest BCUT2D eigenvalue weighted by atomic mass is 35.5. The summed E-state index contributed by atoms with van der Waals surface area (Å²) in [5.41, 5.74) is 5.35. The quantitative estimate of drug-likeness (QED) is 0.856. The van der Waals surface area contributed by atoms with Gasteiger partial charge in [0.05, 0.1) is 16.3 Å². The third kappa shape index (κ3) is 3.21. The summed E-state index contributed by atoms with van der Waals surface area (Å²) in [5.74, 6) is -0.642. The zero-order chi connectivity index (χ0) is 11.6. The Hall–Kier alpha value is -1.07. The molecule has 0 bridgehead atoms. The molecule has 81 valence electrons. The lowest BCUT2D eigenvalue weighted by molar-refractivity contribution is -0.114. The van der Waals surface area contributed by atoms with Crippen molar-refractivity contribution in [1.82, 2.24) is 0 Å². The molecule has 0 saturated carbocycles. The van der Waals surface area contributed by atoms with Crippen LogP contribution in [0.3, 0.4) is 0 Å². The highest BCUT2D eigenvalue weighted by molar-refractivity contribution is 7.90. The van der Waals surface area contributed by atoms with Gasteiger partial charge in [-0.1, -0.05) is 17.7 Å². The Labute approximate surface area is 93.0 Å². The number of amides is 1. The van der Waals surface area contributed by atoms with E-state index in [1.165, 1.54) is 18.2 Å². The minimum atomic E-state index is -3.40. The maximum absolute atomic E-state index is 11.3. The summed E-state index contributed by atoms with van der Waals surface area (Å²) < 4.78 is 22.6. The van der Waals surface area contributed by atoms with Crippen LogP contribution < -0.4 is 5.73 Å². The molecule has 0 aliphatic heterocycles. The molecule has 1 radical (unpaired) electrons. The summed E-state index contributed by atoms with van der Waals surface area (Å²) >= 11 is 5.71. The topological polar surface area (TPSA) is 77.2 Å². The van der Waals surface area contributed by atoms with Crippen LogP contribution in [-0.2, 0) is 14.6 Å². The Morgan fingerprint density at radius 1 is 1.47 bits per heavy atom. The second-order valence-electron chi connectivity index (χ2n) is 3.01. The average molecular weight is 247 g/mol. The van der Waals surface area contributed by atoms with Crippen molar-refractivity contribution in [2.45, 2.75) is 4.90 Å². The van der Waals surface area contributed by atoms with Crippen LogP contribution in [0.4, 0.5) is 0 Å². The molecule has 0 spiro atoms. The number of carbonyl (C=O) groups is 1. The third-order valence-electron chi connectivity index (χ3n) is 1.66. The minimum Gasteiger partial charge on any atom is -0.369 e. The number of hydrogen-bond donors (Lipinski definition) is 1. The van der Waals surface area contributed by atoms with Gasteiger partial charge in [-0.3, -0.25) is 4.79 Å². The van der Waals surface area contributed by atoms with E-state index in [1.807, 2.05) is 0 Å². The molecular weight excluding hydrogens is 238 g/mol. The van der Waals surface area contributed by atoms with Gasteiger partial charge in [-0.25, -0.2) is 8.42 Å². The molecule has 0 saturated heterocycles. The second-order valence-corrected chi connectivity index (χ2v) is 5.40. The summed E-state index contributed by atoms with van der Waals surface area (Å²) in [4.78, 5) is 10.6. The number of rotatable bonds is 3. The third-order valence-corrected chi connectivity index (χ3v) is 3.24. The summed E-state index contributed by atoms with van der Waals surface area (Å²) in [6.07, 6.45) is 2.17. The fourth-order valence-electron chi connectivity index (χ4n) is 1.06. The molecule has 1 rings (SSSR count). The van der Waals surface area contributed by atoms with Crippen LogP contribution in [-0.4, -0.2) is 20.6 Å². The van der Waals surface area contributed by atoms with Crippen LogP contribution in [0.2, 0.25) is 5.02 Å². The van der Waals surface area contributed by atoms with Crippen molar-refractivity contribution in [3.63, 3.8) is 0 Å². The smallest absolute Gasteiger partial charge is 0.226 e. The highest BCUT2D eigenvalue weighted by Gasteiger charge is 2.13. The van der Waals surface area contributed by atoms with Crippen LogP contribution in [0.5, 0.6) is 0 Å². The molecule has 0 unspecified atom stereocenters. The van der Waals surface area contributed by atoms with Crippen LogP contribution in [0.25, 0.3) is 0 Å². The Bertz CT molecular complexity index is 496. The van der Waals surface area contributed by atoms with Crippen molar-refractivity contribution < 1.29 is 13.2 Å². The lowest BCUT2D eigenvalue weighted by Crippen LogP contribution is -2.11. The Morgan fingerprint density at radius 2 is 2.07 bits per heavy atom. The van der Waals surface area contributed by atoms with E-state index in [0.717, 1.165) is 12.7 Å². The van der Waals surface area contributed by atoms with Crippen LogP contribution in [0.1, 0.15) is 5.56 Å². The molecule has 6 heteroatoms. The fraction of sp³-hybridized carbons (Fsp3) is 0.111. The normalized spacial score (nSPS) is 11.3. The largest absolute Gasteiger partial charge is 0.369 e. The van der Waals surface area contributed by atoms with Gasteiger partial charge in [0.1, 0.15) is 0 Å². The number of halogens is 1. The monoisotopic (exact) mass is 246 g/mol. The Balaban J connectivity index is 3.23. The van der Waals surface area contributed by atoms with Crippen molar-refractivity contribution in [3.05, 3.63) is 35.2 Å². The molecule has 15 heavy (non-hydrogen) atoms. The van der Waals surface area contributed by atoms with E-state index < -0.39 is 15.7 Å². The van der Waals surface area contributed by atoms with Crippen LogP contribution in [0, 0.1) is 6.42 Å². The molecule has 1 amide bonds. The predicted octanol–water partition coefficient (Wildman–Crippen LogP) is 0.781. The minimum absolute atomic E-state index is 0.0147. The molecule has 0 aliphatic rings. The van der Waals surface area contributed by atoms with E-state index in [-0.39, 0.29) is 9.92 Å². The van der Waals surface area contributed by atoms with Gasteiger partial charge >= 0.3 is 0 Å². The molecule has 1 aromatic carbocycles. The Morgan fingerprint density at radius 3 is 2.53 bits per heavy atom. The van der Waals surface area contributed by atoms with E-state index in [9.17, 15) is 13.2 Å². The van der Waals surface area contributed by atoms with E-state index >= 15 is 0 Å². The first kappa shape index (κ1) is 12.0. The van der Waals surface area contributed by atoms with Crippen LogP contribution in [0.15, 0.2) is 23.1 Å². The maximum atomic E-state index is 11.3. The second kappa shape index (κ2) is 4.20. The summed E-state index contributed by atoms with van der Waals surface area (Å²) in [5, 5.41) is 0.124. The van der Waals surface area contributed by atoms with Crippen LogP contribution >= 0.6 is 11.6 Å². The first-order valence-electron chi connectivity index (χ1n) is 3.94. The van der Waals surface area contributed by atoms with Gasteiger partial charge in [-0.2, -0.15) is 0 Å². The SMILES string of the molecule is CS(=O)(=O)c1cc([CH]C(N)=O)ccc1Cl. The van der Waals surface area contributed by atoms with Crippen molar-refractivity contribution in [1.29, 1.82) is 0 Å². The average Bonchev–Trinajstić information content (AvgIpc) is 2.05. The standard InChI is InChI=1S/C9H9ClNO3S/c1-15(13,14)8-4-6(5-9(11)12)2-3-7(8)10/h2-5H,1H3,(H2,11,12). The molecule has 0 atom stereocenters. The van der Waals surface area contributed by atoms with Gasteiger partial charge in [0.2, 0.25) is 5.91 Å². The number of primary amides is 1. The van der Waals surface area contributed by atoms with E-state index in [1.54, 1.807) is 0 Å². The lowest BCUT2D eigenvalue weighted by atomic mass is 10.1. The molecule has 0 aromatic heterocycles. The zero-order valence-corrected chi connectivity index (χ0v) is 9.47. The maximum Gasteiger partial charge on any atom is 0.226 e. The molecular formula is C9H9ClNO3S. The molecule has 1 aromatic rings. The van der Waals surface area contributed by atoms with Gasteiger partial charge < -0.3 is 5.73 Å². The fourth-order valence-corrected chi connectivity index (χ4v) is 2.37. The van der Waals surface area contributed by atoms with Gasteiger partial charge in [-0.15, -0.1) is 0 Å². The molecule has 0 heterocycles. The van der Waals surface area contributed by atoms with Crippen molar-refractivity contribution in [2.24, 2.45) is 5.73 Å².